The summed E-state index contributed by atoms with van der Waals surface area (Å²) in [5, 5.41) is 0.452. The highest BCUT2D eigenvalue weighted by Crippen LogP contribution is 2.45. The van der Waals surface area contributed by atoms with Gasteiger partial charge in [-0.15, -0.1) is 0 Å². The van der Waals surface area contributed by atoms with Crippen LogP contribution in [0.25, 0.3) is 11.1 Å². The molecule has 44 heavy (non-hydrogen) atoms. The van der Waals surface area contributed by atoms with E-state index in [1.807, 2.05) is 24.3 Å². The summed E-state index contributed by atoms with van der Waals surface area (Å²) in [7, 11) is -4.15. The second kappa shape index (κ2) is 11.3. The fourth-order valence-electron chi connectivity index (χ4n) is 5.52. The molecule has 6 rings (SSSR count). The molecule has 0 saturated carbocycles. The Balaban J connectivity index is 1.39. The minimum absolute atomic E-state index is 0.0304. The van der Waals surface area contributed by atoms with Crippen LogP contribution in [0.4, 0.5) is 11.6 Å². The van der Waals surface area contributed by atoms with Gasteiger partial charge in [0.25, 0.3) is 15.9 Å². The summed E-state index contributed by atoms with van der Waals surface area (Å²) in [4.78, 5) is 40.6. The van der Waals surface area contributed by atoms with Crippen LogP contribution < -0.4 is 4.90 Å². The molecule has 14 heteroatoms. The molecule has 4 aromatic rings. The third kappa shape index (κ3) is 5.25. The van der Waals surface area contributed by atoms with Crippen LogP contribution in [0.15, 0.2) is 72.4 Å². The molecule has 1 amide bonds. The molecule has 4 heterocycles. The zero-order valence-corrected chi connectivity index (χ0v) is 26.3. The highest BCUT2D eigenvalue weighted by molar-refractivity contribution is 7.89. The number of rotatable bonds is 8. The van der Waals surface area contributed by atoms with E-state index in [1.54, 1.807) is 51.4 Å². The second-order valence-corrected chi connectivity index (χ2v) is 14.0. The fraction of sp³-hybridized carbons (Fsp3) is 0.300. The number of fused-ring (bicyclic) bond motifs is 1. The van der Waals surface area contributed by atoms with Crippen LogP contribution in [0.2, 0.25) is 10.0 Å². The maximum Gasteiger partial charge on any atom is 0.311 e. The molecule has 2 aromatic carbocycles. The van der Waals surface area contributed by atoms with E-state index in [0.717, 1.165) is 16.7 Å². The molecule has 0 spiro atoms. The van der Waals surface area contributed by atoms with E-state index in [4.69, 9.17) is 27.9 Å². The topological polar surface area (TPSA) is 128 Å². The first-order valence-corrected chi connectivity index (χ1v) is 16.0. The molecule has 2 aromatic heterocycles. The number of esters is 1. The predicted molar refractivity (Wildman–Crippen MR) is 164 cm³/mol. The zero-order valence-electron chi connectivity index (χ0n) is 24.0. The third-order valence-corrected chi connectivity index (χ3v) is 9.94. The van der Waals surface area contributed by atoms with E-state index in [0.29, 0.717) is 15.7 Å². The number of imidazole rings is 1. The number of carbonyl (C=O) groups is 2. The highest BCUT2D eigenvalue weighted by atomic mass is 35.5. The molecule has 1 fully saturated rings. The van der Waals surface area contributed by atoms with Gasteiger partial charge in [-0.1, -0.05) is 47.5 Å². The Kier molecular flexibility index (Phi) is 7.73. The highest BCUT2D eigenvalue weighted by Gasteiger charge is 2.53. The Hall–Kier alpha value is -3.84. The average Bonchev–Trinajstić information content (AvgIpc) is 3.46. The molecule has 0 aliphatic carbocycles. The molecule has 0 bridgehead atoms. The maximum absolute atomic E-state index is 14.3. The van der Waals surface area contributed by atoms with Crippen LogP contribution in [0, 0.1) is 5.92 Å². The molecule has 228 valence electrons. The molecule has 1 atom stereocenters. The first kappa shape index (κ1) is 30.2. The van der Waals surface area contributed by atoms with E-state index >= 15 is 0 Å². The first-order valence-electron chi connectivity index (χ1n) is 13.8. The van der Waals surface area contributed by atoms with E-state index in [-0.39, 0.29) is 36.6 Å². The van der Waals surface area contributed by atoms with Gasteiger partial charge >= 0.3 is 5.97 Å². The van der Waals surface area contributed by atoms with Gasteiger partial charge in [-0.3, -0.25) is 14.2 Å². The molecule has 0 N–H and O–H groups in total. The third-order valence-electron chi connectivity index (χ3n) is 7.71. The van der Waals surface area contributed by atoms with Crippen LogP contribution in [0.5, 0.6) is 0 Å². The Morgan fingerprint density at radius 1 is 1.02 bits per heavy atom. The Morgan fingerprint density at radius 3 is 2.27 bits per heavy atom. The van der Waals surface area contributed by atoms with Crippen molar-refractivity contribution in [3.05, 3.63) is 83.0 Å². The van der Waals surface area contributed by atoms with E-state index in [2.05, 4.69) is 15.0 Å². The van der Waals surface area contributed by atoms with Crippen molar-refractivity contribution in [3.8, 4) is 11.1 Å². The van der Waals surface area contributed by atoms with Crippen molar-refractivity contribution in [3.63, 3.8) is 0 Å². The molecular formula is C30H28Cl2N6O5S. The van der Waals surface area contributed by atoms with Gasteiger partial charge in [0.1, 0.15) is 11.9 Å². The Labute approximate surface area is 264 Å². The number of amides is 1. The zero-order chi connectivity index (χ0) is 31.4. The number of carbonyl (C=O) groups excluding carboxylic acids is 2. The normalized spacial score (nSPS) is 18.9. The van der Waals surface area contributed by atoms with E-state index in [9.17, 15) is 18.0 Å². The molecule has 0 radical (unpaired) electrons. The van der Waals surface area contributed by atoms with Gasteiger partial charge in [-0.2, -0.15) is 4.31 Å². The number of ether oxygens (including phenoxy) is 1. The van der Waals surface area contributed by atoms with Gasteiger partial charge in [-0.25, -0.2) is 28.3 Å². The van der Waals surface area contributed by atoms with Gasteiger partial charge in [0.05, 0.1) is 23.9 Å². The van der Waals surface area contributed by atoms with Gasteiger partial charge in [-0.05, 0) is 50.1 Å². The van der Waals surface area contributed by atoms with Crippen LogP contribution in [0.1, 0.15) is 26.3 Å². The number of halogens is 2. The Bertz CT molecular complexity index is 1840. The van der Waals surface area contributed by atoms with Crippen molar-refractivity contribution in [2.24, 2.45) is 5.92 Å². The number of nitrogens with zero attached hydrogens (tertiary/aromatic N) is 6. The minimum atomic E-state index is -4.15. The quantitative estimate of drug-likeness (QED) is 0.247. The lowest BCUT2D eigenvalue weighted by atomic mass is 9.91. The van der Waals surface area contributed by atoms with Crippen molar-refractivity contribution in [2.75, 3.05) is 18.0 Å². The van der Waals surface area contributed by atoms with Crippen molar-refractivity contribution < 1.29 is 22.7 Å². The predicted octanol–water partition coefficient (Wildman–Crippen LogP) is 4.86. The lowest BCUT2D eigenvalue weighted by Crippen LogP contribution is -2.54. The van der Waals surface area contributed by atoms with Gasteiger partial charge < -0.3 is 4.74 Å². The summed E-state index contributed by atoms with van der Waals surface area (Å²) in [5.74, 6) is -1.30. The lowest BCUT2D eigenvalue weighted by Gasteiger charge is -2.37. The number of aromatic nitrogens is 4. The number of benzene rings is 2. The molecular weight excluding hydrogens is 627 g/mol. The maximum atomic E-state index is 14.3. The van der Waals surface area contributed by atoms with Crippen molar-refractivity contribution >= 4 is 56.7 Å². The largest absolute Gasteiger partial charge is 0.463 e. The number of sulfonamides is 1. The summed E-state index contributed by atoms with van der Waals surface area (Å²) < 4.78 is 35.8. The molecule has 11 nitrogen and oxygen atoms in total. The number of anilines is 2. The SMILES string of the molecule is CC(C)OC(=O)C1CN(S(=O)(=O)c2cnc3n2C(C)(Cc2ccc(-c4cncnc4)cc2)C(=O)N3c2cc(Cl)cc(Cl)c2)C1. The second-order valence-electron chi connectivity index (χ2n) is 11.3. The number of hydrogen-bond donors (Lipinski definition) is 0. The molecule has 1 saturated heterocycles. The monoisotopic (exact) mass is 654 g/mol. The number of hydrogen-bond acceptors (Lipinski definition) is 8. The summed E-state index contributed by atoms with van der Waals surface area (Å²) in [6.07, 6.45) is 5.95. The molecule has 2 aliphatic heterocycles. The fourth-order valence-corrected chi connectivity index (χ4v) is 7.75. The summed E-state index contributed by atoms with van der Waals surface area (Å²) in [6, 6.07) is 12.2. The van der Waals surface area contributed by atoms with Crippen LogP contribution in [0.3, 0.4) is 0 Å². The minimum Gasteiger partial charge on any atom is -0.463 e. The first-order chi connectivity index (χ1) is 20.9. The van der Waals surface area contributed by atoms with Crippen LogP contribution in [-0.4, -0.2) is 63.3 Å². The van der Waals surface area contributed by atoms with Crippen LogP contribution in [-0.2, 0) is 36.3 Å². The summed E-state index contributed by atoms with van der Waals surface area (Å²) in [6.45, 7) is 5.10. The van der Waals surface area contributed by atoms with E-state index in [1.165, 1.54) is 26.3 Å². The van der Waals surface area contributed by atoms with Gasteiger partial charge in [0.15, 0.2) is 5.03 Å². The molecule has 1 unspecified atom stereocenters. The van der Waals surface area contributed by atoms with Crippen LogP contribution >= 0.6 is 23.2 Å². The standard InChI is InChI=1S/C30H28Cl2N6O5S/c1-18(2)43-27(39)22-15-36(16-22)44(41,42)26-14-35-29-37(25-9-23(31)8-24(32)10-25)28(40)30(3,38(26)29)11-19-4-6-20(7-5-19)21-12-33-17-34-13-21/h4-10,12-14,17-18,22H,11,15-16H2,1-3H3. The van der Waals surface area contributed by atoms with Crippen molar-refractivity contribution in [1.82, 2.24) is 23.8 Å². The smallest absolute Gasteiger partial charge is 0.311 e. The van der Waals surface area contributed by atoms with E-state index < -0.39 is 33.4 Å². The molecule has 2 aliphatic rings. The average molecular weight is 656 g/mol. The van der Waals surface area contributed by atoms with Crippen molar-refractivity contribution in [1.29, 1.82) is 0 Å². The van der Waals surface area contributed by atoms with Gasteiger partial charge in [0.2, 0.25) is 5.95 Å². The Morgan fingerprint density at radius 2 is 1.66 bits per heavy atom. The summed E-state index contributed by atoms with van der Waals surface area (Å²) in [5.41, 5.74) is 1.47. The lowest BCUT2D eigenvalue weighted by molar-refractivity contribution is -0.156. The van der Waals surface area contributed by atoms with Gasteiger partial charge in [0, 0.05) is 47.5 Å². The summed E-state index contributed by atoms with van der Waals surface area (Å²) >= 11 is 12.6. The van der Waals surface area contributed by atoms with Crippen molar-refractivity contribution in [2.45, 2.75) is 43.9 Å².